The van der Waals surface area contributed by atoms with E-state index in [0.717, 1.165) is 23.4 Å². The van der Waals surface area contributed by atoms with E-state index in [4.69, 9.17) is 10.5 Å². The number of ether oxygens (including phenoxy) is 1. The van der Waals surface area contributed by atoms with Crippen LogP contribution in [-0.2, 0) is 16.0 Å². The van der Waals surface area contributed by atoms with Gasteiger partial charge in [0, 0.05) is 30.6 Å². The Bertz CT molecular complexity index is 417. The predicted octanol–water partition coefficient (Wildman–Crippen LogP) is 1.19. The third-order valence-corrected chi connectivity index (χ3v) is 3.03. The second kappa shape index (κ2) is 4.14. The van der Waals surface area contributed by atoms with Crippen molar-refractivity contribution in [2.45, 2.75) is 19.4 Å². The summed E-state index contributed by atoms with van der Waals surface area (Å²) in [5.41, 5.74) is 8.63. The van der Waals surface area contributed by atoms with Gasteiger partial charge in [-0.15, -0.1) is 0 Å². The molecule has 1 aliphatic rings. The van der Waals surface area contributed by atoms with Gasteiger partial charge in [-0.05, 0) is 25.5 Å². The van der Waals surface area contributed by atoms with E-state index >= 15 is 0 Å². The highest BCUT2D eigenvalue weighted by Gasteiger charge is 2.28. The lowest BCUT2D eigenvalue weighted by molar-refractivity contribution is -0.127. The SMILES string of the molecule is COC(C)C(=O)N1CCc2c(N)cccc21. The Morgan fingerprint density at radius 1 is 1.56 bits per heavy atom. The van der Waals surface area contributed by atoms with Gasteiger partial charge in [-0.25, -0.2) is 0 Å². The molecule has 0 aromatic heterocycles. The zero-order valence-electron chi connectivity index (χ0n) is 9.56. The Morgan fingerprint density at radius 2 is 2.31 bits per heavy atom. The quantitative estimate of drug-likeness (QED) is 0.762. The highest BCUT2D eigenvalue weighted by Crippen LogP contribution is 2.32. The van der Waals surface area contributed by atoms with Gasteiger partial charge in [0.25, 0.3) is 5.91 Å². The van der Waals surface area contributed by atoms with Crippen LogP contribution in [0.2, 0.25) is 0 Å². The number of hydrogen-bond donors (Lipinski definition) is 1. The minimum Gasteiger partial charge on any atom is -0.398 e. The lowest BCUT2D eigenvalue weighted by atomic mass is 10.1. The first-order valence-electron chi connectivity index (χ1n) is 5.36. The highest BCUT2D eigenvalue weighted by molar-refractivity contribution is 5.99. The standard InChI is InChI=1S/C12H16N2O2/c1-8(16-2)12(15)14-7-6-9-10(13)4-3-5-11(9)14/h3-5,8H,6-7,13H2,1-2H3. The molecule has 4 heteroatoms. The summed E-state index contributed by atoms with van der Waals surface area (Å²) in [5, 5.41) is 0. The molecule has 0 saturated carbocycles. The number of hydrogen-bond acceptors (Lipinski definition) is 3. The largest absolute Gasteiger partial charge is 0.398 e. The fourth-order valence-corrected chi connectivity index (χ4v) is 2.01. The third kappa shape index (κ3) is 1.65. The van der Waals surface area contributed by atoms with Gasteiger partial charge < -0.3 is 15.4 Å². The molecule has 2 N–H and O–H groups in total. The summed E-state index contributed by atoms with van der Waals surface area (Å²) in [4.78, 5) is 13.8. The molecule has 0 radical (unpaired) electrons. The number of anilines is 2. The smallest absolute Gasteiger partial charge is 0.255 e. The zero-order chi connectivity index (χ0) is 11.7. The molecular weight excluding hydrogens is 204 g/mol. The van der Waals surface area contributed by atoms with Gasteiger partial charge in [0.1, 0.15) is 6.10 Å². The van der Waals surface area contributed by atoms with Crippen LogP contribution in [0.4, 0.5) is 11.4 Å². The van der Waals surface area contributed by atoms with Crippen LogP contribution in [0, 0.1) is 0 Å². The molecule has 1 aromatic rings. The van der Waals surface area contributed by atoms with Gasteiger partial charge in [0.05, 0.1) is 0 Å². The van der Waals surface area contributed by atoms with Crippen LogP contribution in [0.1, 0.15) is 12.5 Å². The Labute approximate surface area is 95.0 Å². The number of rotatable bonds is 2. The monoisotopic (exact) mass is 220 g/mol. The maximum Gasteiger partial charge on any atom is 0.255 e. The van der Waals surface area contributed by atoms with Crippen LogP contribution >= 0.6 is 0 Å². The van der Waals surface area contributed by atoms with Crippen molar-refractivity contribution in [1.29, 1.82) is 0 Å². The van der Waals surface area contributed by atoms with Gasteiger partial charge in [0.15, 0.2) is 0 Å². The van der Waals surface area contributed by atoms with E-state index in [9.17, 15) is 4.79 Å². The first kappa shape index (κ1) is 11.0. The molecule has 0 spiro atoms. The topological polar surface area (TPSA) is 55.6 Å². The van der Waals surface area contributed by atoms with Gasteiger partial charge >= 0.3 is 0 Å². The third-order valence-electron chi connectivity index (χ3n) is 3.03. The molecule has 4 nitrogen and oxygen atoms in total. The van der Waals surface area contributed by atoms with Gasteiger partial charge in [-0.3, -0.25) is 4.79 Å². The maximum absolute atomic E-state index is 12.0. The molecule has 0 bridgehead atoms. The Morgan fingerprint density at radius 3 is 3.00 bits per heavy atom. The number of methoxy groups -OCH3 is 1. The average Bonchev–Trinajstić information content (AvgIpc) is 2.72. The van der Waals surface area contributed by atoms with Crippen LogP contribution in [-0.4, -0.2) is 25.7 Å². The summed E-state index contributed by atoms with van der Waals surface area (Å²) in [6.45, 7) is 2.45. The van der Waals surface area contributed by atoms with Crippen LogP contribution in [0.5, 0.6) is 0 Å². The molecule has 0 fully saturated rings. The molecule has 1 aliphatic heterocycles. The number of nitrogens with two attached hydrogens (primary N) is 1. The van der Waals surface area contributed by atoms with Crippen molar-refractivity contribution in [3.8, 4) is 0 Å². The summed E-state index contributed by atoms with van der Waals surface area (Å²) < 4.78 is 5.05. The Hall–Kier alpha value is -1.55. The first-order valence-corrected chi connectivity index (χ1v) is 5.36. The van der Waals surface area contributed by atoms with Gasteiger partial charge in [-0.2, -0.15) is 0 Å². The number of nitrogen functional groups attached to an aromatic ring is 1. The fourth-order valence-electron chi connectivity index (χ4n) is 2.01. The summed E-state index contributed by atoms with van der Waals surface area (Å²) in [5.74, 6) is -0.00755. The van der Waals surface area contributed by atoms with Crippen LogP contribution in [0.3, 0.4) is 0 Å². The lowest BCUT2D eigenvalue weighted by Crippen LogP contribution is -2.37. The van der Waals surface area contributed by atoms with Crippen molar-refractivity contribution < 1.29 is 9.53 Å². The molecule has 86 valence electrons. The second-order valence-corrected chi connectivity index (χ2v) is 3.96. The number of amides is 1. The predicted molar refractivity (Wildman–Crippen MR) is 63.4 cm³/mol. The Kier molecular flexibility index (Phi) is 2.83. The van der Waals surface area contributed by atoms with Crippen LogP contribution in [0.25, 0.3) is 0 Å². The molecule has 16 heavy (non-hydrogen) atoms. The number of benzene rings is 1. The molecular formula is C12H16N2O2. The van der Waals surface area contributed by atoms with Crippen molar-refractivity contribution in [3.63, 3.8) is 0 Å². The molecule has 1 amide bonds. The van der Waals surface area contributed by atoms with E-state index in [-0.39, 0.29) is 5.91 Å². The summed E-state index contributed by atoms with van der Waals surface area (Å²) in [6.07, 6.45) is 0.414. The number of carbonyl (C=O) groups excluding carboxylic acids is 1. The Balaban J connectivity index is 2.30. The molecule has 1 heterocycles. The second-order valence-electron chi connectivity index (χ2n) is 3.96. The summed E-state index contributed by atoms with van der Waals surface area (Å²) in [7, 11) is 1.54. The number of nitrogens with zero attached hydrogens (tertiary/aromatic N) is 1. The average molecular weight is 220 g/mol. The fraction of sp³-hybridized carbons (Fsp3) is 0.417. The molecule has 2 rings (SSSR count). The van der Waals surface area contributed by atoms with E-state index in [1.165, 1.54) is 0 Å². The highest BCUT2D eigenvalue weighted by atomic mass is 16.5. The van der Waals surface area contributed by atoms with E-state index in [2.05, 4.69) is 0 Å². The minimum absolute atomic E-state index is 0.00755. The van der Waals surface area contributed by atoms with Crippen molar-refractivity contribution in [3.05, 3.63) is 23.8 Å². The van der Waals surface area contributed by atoms with Crippen LogP contribution < -0.4 is 10.6 Å². The lowest BCUT2D eigenvalue weighted by Gasteiger charge is -2.20. The van der Waals surface area contributed by atoms with Crippen molar-refractivity contribution in [2.75, 3.05) is 24.3 Å². The van der Waals surface area contributed by atoms with Crippen molar-refractivity contribution in [1.82, 2.24) is 0 Å². The molecule has 1 unspecified atom stereocenters. The normalized spacial score (nSPS) is 16.0. The maximum atomic E-state index is 12.0. The van der Waals surface area contributed by atoms with Crippen molar-refractivity contribution >= 4 is 17.3 Å². The number of fused-ring (bicyclic) bond motifs is 1. The van der Waals surface area contributed by atoms with Crippen molar-refractivity contribution in [2.24, 2.45) is 0 Å². The number of carbonyl (C=O) groups is 1. The zero-order valence-corrected chi connectivity index (χ0v) is 9.56. The van der Waals surface area contributed by atoms with Gasteiger partial charge in [0.2, 0.25) is 0 Å². The summed E-state index contributed by atoms with van der Waals surface area (Å²) >= 11 is 0. The molecule has 0 saturated heterocycles. The van der Waals surface area contributed by atoms with E-state index in [1.54, 1.807) is 18.9 Å². The van der Waals surface area contributed by atoms with E-state index < -0.39 is 6.10 Å². The first-order chi connectivity index (χ1) is 7.65. The van der Waals surface area contributed by atoms with E-state index in [0.29, 0.717) is 6.54 Å². The minimum atomic E-state index is -0.410. The molecule has 1 aromatic carbocycles. The molecule has 0 aliphatic carbocycles. The van der Waals surface area contributed by atoms with Gasteiger partial charge in [-0.1, -0.05) is 6.07 Å². The van der Waals surface area contributed by atoms with E-state index in [1.807, 2.05) is 18.2 Å². The van der Waals surface area contributed by atoms with Crippen LogP contribution in [0.15, 0.2) is 18.2 Å². The summed E-state index contributed by atoms with van der Waals surface area (Å²) in [6, 6.07) is 5.67. The molecule has 1 atom stereocenters.